The average Bonchev–Trinajstić information content (AvgIpc) is 3.20. The molecule has 1 aromatic heterocycles. The molecule has 0 saturated heterocycles. The summed E-state index contributed by atoms with van der Waals surface area (Å²) in [7, 11) is 4.71. The monoisotopic (exact) mass is 417 g/mol. The maximum atomic E-state index is 12.4. The van der Waals surface area contributed by atoms with E-state index in [0.717, 1.165) is 5.56 Å². The summed E-state index contributed by atoms with van der Waals surface area (Å²) in [6, 6.07) is 12.1. The number of carbonyl (C=O) groups excluding carboxylic acids is 1. The van der Waals surface area contributed by atoms with E-state index in [9.17, 15) is 4.79 Å². The number of halogens is 1. The van der Waals surface area contributed by atoms with Gasteiger partial charge in [0.1, 0.15) is 17.2 Å². The lowest BCUT2D eigenvalue weighted by Gasteiger charge is -2.15. The Bertz CT molecular complexity index is 952. The van der Waals surface area contributed by atoms with E-state index in [1.165, 1.54) is 4.90 Å². The maximum Gasteiger partial charge on any atom is 0.260 e. The van der Waals surface area contributed by atoms with Gasteiger partial charge in [0.05, 0.1) is 20.8 Å². The second-order valence-electron chi connectivity index (χ2n) is 6.11. The first-order valence-electron chi connectivity index (χ1n) is 8.67. The van der Waals surface area contributed by atoms with Gasteiger partial charge in [0.2, 0.25) is 11.7 Å². The van der Waals surface area contributed by atoms with Gasteiger partial charge in [-0.2, -0.15) is 4.98 Å². The molecule has 0 fully saturated rings. The highest BCUT2D eigenvalue weighted by molar-refractivity contribution is 6.30. The van der Waals surface area contributed by atoms with Crippen LogP contribution in [0.5, 0.6) is 17.2 Å². The zero-order valence-corrected chi connectivity index (χ0v) is 17.0. The van der Waals surface area contributed by atoms with Crippen LogP contribution in [0.15, 0.2) is 47.0 Å². The first kappa shape index (κ1) is 20.5. The summed E-state index contributed by atoms with van der Waals surface area (Å²) in [5.41, 5.74) is 0.772. The fraction of sp³-hybridized carbons (Fsp3) is 0.250. The predicted molar refractivity (Wildman–Crippen MR) is 106 cm³/mol. The molecule has 0 radical (unpaired) electrons. The number of nitrogens with zero attached hydrogens (tertiary/aromatic N) is 3. The standard InChI is InChI=1S/C20H20ClN3O5/c1-24(11-18-22-20(23-29-18)13-4-6-14(21)7-5-13)19(25)12-28-17-9-15(26-2)8-16(10-17)27-3/h4-10H,11-12H2,1-3H3. The molecule has 1 heterocycles. The summed E-state index contributed by atoms with van der Waals surface area (Å²) in [6.07, 6.45) is 0. The van der Waals surface area contributed by atoms with Crippen LogP contribution in [-0.4, -0.2) is 48.8 Å². The van der Waals surface area contributed by atoms with E-state index in [2.05, 4.69) is 10.1 Å². The van der Waals surface area contributed by atoms with E-state index >= 15 is 0 Å². The third-order valence-corrected chi connectivity index (χ3v) is 4.31. The summed E-state index contributed by atoms with van der Waals surface area (Å²) in [5.74, 6) is 2.09. The fourth-order valence-corrected chi connectivity index (χ4v) is 2.57. The molecule has 0 aliphatic carbocycles. The smallest absolute Gasteiger partial charge is 0.260 e. The van der Waals surface area contributed by atoms with Crippen molar-refractivity contribution >= 4 is 17.5 Å². The van der Waals surface area contributed by atoms with E-state index in [1.807, 2.05) is 0 Å². The molecule has 0 atom stereocenters. The number of hydrogen-bond donors (Lipinski definition) is 0. The van der Waals surface area contributed by atoms with E-state index in [1.54, 1.807) is 63.7 Å². The molecule has 0 aliphatic rings. The van der Waals surface area contributed by atoms with Crippen molar-refractivity contribution in [2.45, 2.75) is 6.54 Å². The summed E-state index contributed by atoms with van der Waals surface area (Å²) < 4.78 is 21.2. The van der Waals surface area contributed by atoms with Crippen molar-refractivity contribution in [2.75, 3.05) is 27.9 Å². The van der Waals surface area contributed by atoms with Gasteiger partial charge in [0, 0.05) is 35.8 Å². The first-order chi connectivity index (χ1) is 14.0. The van der Waals surface area contributed by atoms with Crippen LogP contribution in [0.2, 0.25) is 5.02 Å². The van der Waals surface area contributed by atoms with Crippen LogP contribution in [0.3, 0.4) is 0 Å². The molecule has 3 rings (SSSR count). The molecular weight excluding hydrogens is 398 g/mol. The van der Waals surface area contributed by atoms with Gasteiger partial charge in [-0.15, -0.1) is 0 Å². The Kier molecular flexibility index (Phi) is 6.56. The van der Waals surface area contributed by atoms with Gasteiger partial charge >= 0.3 is 0 Å². The molecule has 0 N–H and O–H groups in total. The topological polar surface area (TPSA) is 86.9 Å². The number of carbonyl (C=O) groups is 1. The highest BCUT2D eigenvalue weighted by atomic mass is 35.5. The Morgan fingerprint density at radius 2 is 1.69 bits per heavy atom. The normalized spacial score (nSPS) is 10.5. The number of benzene rings is 2. The fourth-order valence-electron chi connectivity index (χ4n) is 2.45. The van der Waals surface area contributed by atoms with Crippen molar-refractivity contribution in [1.29, 1.82) is 0 Å². The number of amides is 1. The quantitative estimate of drug-likeness (QED) is 0.554. The number of likely N-dealkylation sites (N-methyl/N-ethyl adjacent to an activating group) is 1. The van der Waals surface area contributed by atoms with Crippen molar-refractivity contribution < 1.29 is 23.5 Å². The SMILES string of the molecule is COc1cc(OC)cc(OCC(=O)N(C)Cc2nc(-c3ccc(Cl)cc3)no2)c1. The zero-order chi connectivity index (χ0) is 20.8. The molecule has 29 heavy (non-hydrogen) atoms. The lowest BCUT2D eigenvalue weighted by molar-refractivity contribution is -0.132. The van der Waals surface area contributed by atoms with Crippen molar-refractivity contribution in [3.05, 3.63) is 53.4 Å². The molecule has 152 valence electrons. The van der Waals surface area contributed by atoms with Gasteiger partial charge in [0.25, 0.3) is 5.91 Å². The lowest BCUT2D eigenvalue weighted by Crippen LogP contribution is -2.31. The van der Waals surface area contributed by atoms with Gasteiger partial charge in [-0.05, 0) is 24.3 Å². The van der Waals surface area contributed by atoms with E-state index in [-0.39, 0.29) is 19.1 Å². The summed E-state index contributed by atoms with van der Waals surface area (Å²) in [5, 5.41) is 4.56. The zero-order valence-electron chi connectivity index (χ0n) is 16.2. The van der Waals surface area contributed by atoms with E-state index in [0.29, 0.717) is 34.0 Å². The van der Waals surface area contributed by atoms with Gasteiger partial charge < -0.3 is 23.6 Å². The van der Waals surface area contributed by atoms with Gasteiger partial charge in [-0.3, -0.25) is 4.79 Å². The van der Waals surface area contributed by atoms with Crippen molar-refractivity contribution in [3.63, 3.8) is 0 Å². The van der Waals surface area contributed by atoms with Crippen LogP contribution in [0, 0.1) is 0 Å². The Morgan fingerprint density at radius 1 is 1.07 bits per heavy atom. The Morgan fingerprint density at radius 3 is 2.31 bits per heavy atom. The third-order valence-electron chi connectivity index (χ3n) is 4.06. The summed E-state index contributed by atoms with van der Waals surface area (Å²) in [4.78, 5) is 18.1. The number of rotatable bonds is 8. The third kappa shape index (κ3) is 5.39. The highest BCUT2D eigenvalue weighted by Gasteiger charge is 2.16. The van der Waals surface area contributed by atoms with Crippen molar-refractivity contribution in [1.82, 2.24) is 15.0 Å². The number of ether oxygens (including phenoxy) is 3. The number of hydrogen-bond acceptors (Lipinski definition) is 7. The maximum absolute atomic E-state index is 12.4. The van der Waals surface area contributed by atoms with E-state index in [4.69, 9.17) is 30.3 Å². The molecule has 8 nitrogen and oxygen atoms in total. The second kappa shape index (κ2) is 9.29. The Labute approximate surface area is 172 Å². The van der Waals surface area contributed by atoms with E-state index < -0.39 is 0 Å². The van der Waals surface area contributed by atoms with Gasteiger partial charge in [0.15, 0.2) is 6.61 Å². The molecule has 0 spiro atoms. The van der Waals surface area contributed by atoms with Crippen molar-refractivity contribution in [3.8, 4) is 28.6 Å². The van der Waals surface area contributed by atoms with Crippen LogP contribution in [0.1, 0.15) is 5.89 Å². The molecule has 0 bridgehead atoms. The van der Waals surface area contributed by atoms with Crippen LogP contribution in [0.25, 0.3) is 11.4 Å². The second-order valence-corrected chi connectivity index (χ2v) is 6.54. The Hall–Kier alpha value is -3.26. The molecule has 3 aromatic rings. The molecule has 0 saturated carbocycles. The molecule has 0 unspecified atom stereocenters. The minimum absolute atomic E-state index is 0.157. The molecule has 0 aliphatic heterocycles. The van der Waals surface area contributed by atoms with Gasteiger partial charge in [-0.25, -0.2) is 0 Å². The van der Waals surface area contributed by atoms with Gasteiger partial charge in [-0.1, -0.05) is 16.8 Å². The number of aromatic nitrogens is 2. The largest absolute Gasteiger partial charge is 0.496 e. The highest BCUT2D eigenvalue weighted by Crippen LogP contribution is 2.27. The van der Waals surface area contributed by atoms with Crippen LogP contribution in [0.4, 0.5) is 0 Å². The van der Waals surface area contributed by atoms with Crippen LogP contribution < -0.4 is 14.2 Å². The first-order valence-corrected chi connectivity index (χ1v) is 9.04. The van der Waals surface area contributed by atoms with Crippen molar-refractivity contribution in [2.24, 2.45) is 0 Å². The average molecular weight is 418 g/mol. The molecular formula is C20H20ClN3O5. The minimum atomic E-state index is -0.252. The molecule has 1 amide bonds. The summed E-state index contributed by atoms with van der Waals surface area (Å²) in [6.45, 7) is -0.00475. The molecule has 9 heteroatoms. The predicted octanol–water partition coefficient (Wildman–Crippen LogP) is 3.44. The minimum Gasteiger partial charge on any atom is -0.496 e. The number of methoxy groups -OCH3 is 2. The Balaban J connectivity index is 1.58. The molecule has 2 aromatic carbocycles. The summed E-state index contributed by atoms with van der Waals surface area (Å²) >= 11 is 5.88. The van der Waals surface area contributed by atoms with Crippen LogP contribution >= 0.6 is 11.6 Å². The van der Waals surface area contributed by atoms with Crippen LogP contribution in [-0.2, 0) is 11.3 Å². The lowest BCUT2D eigenvalue weighted by atomic mass is 10.2.